The van der Waals surface area contributed by atoms with E-state index in [1.54, 1.807) is 0 Å². The summed E-state index contributed by atoms with van der Waals surface area (Å²) in [7, 11) is 0. The van der Waals surface area contributed by atoms with Gasteiger partial charge in [0.25, 0.3) is 0 Å². The van der Waals surface area contributed by atoms with Gasteiger partial charge in [-0.15, -0.1) is 0 Å². The molecule has 112 valence electrons. The van der Waals surface area contributed by atoms with Crippen LogP contribution in [0.2, 0.25) is 0 Å². The zero-order valence-electron chi connectivity index (χ0n) is 11.5. The van der Waals surface area contributed by atoms with Gasteiger partial charge in [0.2, 0.25) is 0 Å². The fourth-order valence-corrected chi connectivity index (χ4v) is 12.2. The second-order valence-corrected chi connectivity index (χ2v) is 12.5. The molecule has 7 aliphatic carbocycles. The molecule has 8 aliphatic rings. The van der Waals surface area contributed by atoms with Gasteiger partial charge >= 0.3 is 0 Å². The number of hydrogen-bond donors (Lipinski definition) is 1. The maximum Gasteiger partial charge on any atom is 0.173 e. The molecule has 1 aliphatic heterocycles. The van der Waals surface area contributed by atoms with E-state index in [-0.39, 0.29) is 9.34 Å². The van der Waals surface area contributed by atoms with Gasteiger partial charge in [-0.05, 0) is 66.1 Å². The molecule has 0 amide bonds. The minimum absolute atomic E-state index is 0.0954. The summed E-state index contributed by atoms with van der Waals surface area (Å²) in [4.78, 5) is 0. The highest BCUT2D eigenvalue weighted by Gasteiger charge is 2.97. The van der Waals surface area contributed by atoms with Crippen LogP contribution >= 0.6 is 31.9 Å². The van der Waals surface area contributed by atoms with E-state index in [1.165, 1.54) is 12.8 Å². The zero-order chi connectivity index (χ0) is 13.6. The van der Waals surface area contributed by atoms with E-state index in [2.05, 4.69) is 31.9 Å². The van der Waals surface area contributed by atoms with E-state index in [1.807, 2.05) is 0 Å². The highest BCUT2D eigenvalue weighted by molar-refractivity contribution is 9.24. The summed E-state index contributed by atoms with van der Waals surface area (Å²) >= 11 is 7.75. The molecule has 0 spiro atoms. The molecule has 0 aromatic rings. The number of alkyl halides is 2. The molecule has 4 heteroatoms. The molecule has 14 atom stereocenters. The average Bonchev–Trinajstić information content (AvgIpc) is 3.06. The topological polar surface area (TPSA) is 29.5 Å². The zero-order valence-corrected chi connectivity index (χ0v) is 14.7. The molecule has 0 aromatic carbocycles. The second-order valence-electron chi connectivity index (χ2n) is 9.48. The van der Waals surface area contributed by atoms with Gasteiger partial charge < -0.3 is 9.84 Å². The lowest BCUT2D eigenvalue weighted by atomic mass is 9.57. The molecule has 1 N–H and O–H groups in total. The van der Waals surface area contributed by atoms with Gasteiger partial charge in [0.05, 0.1) is 3.74 Å². The smallest absolute Gasteiger partial charge is 0.173 e. The minimum Gasteiger partial charge on any atom is -0.365 e. The third-order valence-electron chi connectivity index (χ3n) is 10.1. The largest absolute Gasteiger partial charge is 0.365 e. The first kappa shape index (κ1) is 11.4. The van der Waals surface area contributed by atoms with Gasteiger partial charge in [-0.25, -0.2) is 0 Å². The van der Waals surface area contributed by atoms with Gasteiger partial charge in [0, 0.05) is 17.8 Å². The van der Waals surface area contributed by atoms with Gasteiger partial charge in [-0.3, -0.25) is 0 Å². The molecule has 0 radical (unpaired) electrons. The fraction of sp³-hybridized carbons (Fsp3) is 1.00. The second kappa shape index (κ2) is 2.74. The average molecular weight is 414 g/mol. The molecule has 8 fully saturated rings. The van der Waals surface area contributed by atoms with Gasteiger partial charge in [-0.1, -0.05) is 31.9 Å². The van der Waals surface area contributed by atoms with Crippen molar-refractivity contribution < 1.29 is 9.84 Å². The third-order valence-corrected chi connectivity index (χ3v) is 11.6. The Morgan fingerprint density at radius 1 is 0.810 bits per heavy atom. The van der Waals surface area contributed by atoms with E-state index >= 15 is 0 Å². The Balaban J connectivity index is 1.54. The highest BCUT2D eigenvalue weighted by atomic mass is 79.9. The maximum absolute atomic E-state index is 11.6. The molecule has 0 aromatic heterocycles. The first-order chi connectivity index (χ1) is 10.1. The summed E-state index contributed by atoms with van der Waals surface area (Å²) < 4.78 is 7.00. The number of rotatable bonds is 1. The first-order valence-electron chi connectivity index (χ1n) is 8.83. The third kappa shape index (κ3) is 0.717. The number of aliphatic hydroxyl groups is 1. The SMILES string of the molecule is O[C@@]12O[C@]3(C(Br)Br)[C@@H]4[C@@H]5CC[C@@H]6[C@@H]5[C@@H]5[C@H]([C@@H]7[C@H]([C@@H]54)[C@@H]3[C@@H]71)[C@@H]62. The van der Waals surface area contributed by atoms with Crippen LogP contribution in [0.1, 0.15) is 12.8 Å². The Hall–Kier alpha value is 0.880. The fourth-order valence-electron chi connectivity index (χ4n) is 10.8. The normalized spacial score (nSPS) is 85.1. The van der Waals surface area contributed by atoms with Crippen molar-refractivity contribution in [3.8, 4) is 0 Å². The molecule has 1 heterocycles. The quantitative estimate of drug-likeness (QED) is 0.669. The molecular formula is C17H18Br2O2. The van der Waals surface area contributed by atoms with Gasteiger partial charge in [-0.2, -0.15) is 0 Å². The molecular weight excluding hydrogens is 396 g/mol. The maximum atomic E-state index is 11.6. The van der Waals surface area contributed by atoms with Crippen molar-refractivity contribution in [3.63, 3.8) is 0 Å². The summed E-state index contributed by atoms with van der Waals surface area (Å²) in [6.45, 7) is 0. The minimum atomic E-state index is -0.757. The number of hydrogen-bond acceptors (Lipinski definition) is 2. The first-order valence-corrected chi connectivity index (χ1v) is 10.7. The molecule has 1 saturated heterocycles. The van der Waals surface area contributed by atoms with Crippen molar-refractivity contribution in [2.45, 2.75) is 28.0 Å². The Bertz CT molecular complexity index is 638. The van der Waals surface area contributed by atoms with Crippen molar-refractivity contribution in [2.24, 2.45) is 71.0 Å². The molecule has 7 saturated carbocycles. The van der Waals surface area contributed by atoms with E-state index in [9.17, 15) is 5.11 Å². The summed E-state index contributed by atoms with van der Waals surface area (Å²) in [5.74, 6) is 8.74. The molecule has 8 rings (SSSR count). The number of fused-ring (bicyclic) bond motifs is 4. The Kier molecular flexibility index (Phi) is 1.49. The van der Waals surface area contributed by atoms with Crippen LogP contribution in [0.4, 0.5) is 0 Å². The van der Waals surface area contributed by atoms with Crippen LogP contribution in [0.25, 0.3) is 0 Å². The van der Waals surface area contributed by atoms with E-state index in [0.29, 0.717) is 17.8 Å². The van der Waals surface area contributed by atoms with Crippen LogP contribution in [0.3, 0.4) is 0 Å². The summed E-state index contributed by atoms with van der Waals surface area (Å²) in [6.07, 6.45) is 2.79. The van der Waals surface area contributed by atoms with Crippen molar-refractivity contribution in [3.05, 3.63) is 0 Å². The molecule has 21 heavy (non-hydrogen) atoms. The summed E-state index contributed by atoms with van der Waals surface area (Å²) in [5.41, 5.74) is -0.0954. The lowest BCUT2D eigenvalue weighted by Crippen LogP contribution is -2.54. The summed E-state index contributed by atoms with van der Waals surface area (Å²) in [6, 6.07) is 0. The standard InChI is InChI=1S/C17H18Br2O2/c18-15(19)16-11-3-1-2-4-5(3)6-7(11)9-10-8(6)12(4)17(20,21-16)14(10)13(9)16/h3-15,20H,1-2H2/t3-,4-,5-,6+,7-,8-,9+,10-,11-,12-,13-,14-,16-,17+/m1/s1. The van der Waals surface area contributed by atoms with Crippen LogP contribution in [-0.4, -0.2) is 20.2 Å². The van der Waals surface area contributed by atoms with E-state index in [0.717, 1.165) is 53.3 Å². The van der Waals surface area contributed by atoms with Crippen molar-refractivity contribution in [1.82, 2.24) is 0 Å². The van der Waals surface area contributed by atoms with Crippen molar-refractivity contribution in [1.29, 1.82) is 0 Å². The molecule has 0 unspecified atom stereocenters. The lowest BCUT2D eigenvalue weighted by Gasteiger charge is -2.47. The molecule has 2 nitrogen and oxygen atoms in total. The highest BCUT2D eigenvalue weighted by Crippen LogP contribution is 2.94. The number of halogens is 2. The predicted octanol–water partition coefficient (Wildman–Crippen LogP) is 2.83. The van der Waals surface area contributed by atoms with Crippen LogP contribution in [0.15, 0.2) is 0 Å². The van der Waals surface area contributed by atoms with Crippen LogP contribution < -0.4 is 0 Å². The van der Waals surface area contributed by atoms with Gasteiger partial charge in [0.15, 0.2) is 5.79 Å². The van der Waals surface area contributed by atoms with Crippen LogP contribution in [-0.2, 0) is 4.74 Å². The Morgan fingerprint density at radius 2 is 1.43 bits per heavy atom. The summed E-state index contributed by atoms with van der Waals surface area (Å²) in [5, 5.41) is 11.6. The Morgan fingerprint density at radius 3 is 2.19 bits per heavy atom. The van der Waals surface area contributed by atoms with Crippen LogP contribution in [0.5, 0.6) is 0 Å². The van der Waals surface area contributed by atoms with Crippen molar-refractivity contribution >= 4 is 31.9 Å². The van der Waals surface area contributed by atoms with E-state index in [4.69, 9.17) is 4.74 Å². The molecule has 0 bridgehead atoms. The van der Waals surface area contributed by atoms with Gasteiger partial charge in [0.1, 0.15) is 5.60 Å². The monoisotopic (exact) mass is 412 g/mol. The van der Waals surface area contributed by atoms with Crippen molar-refractivity contribution in [2.75, 3.05) is 0 Å². The lowest BCUT2D eigenvalue weighted by molar-refractivity contribution is -0.280. The van der Waals surface area contributed by atoms with Crippen LogP contribution in [0, 0.1) is 71.0 Å². The van der Waals surface area contributed by atoms with E-state index < -0.39 is 5.79 Å². The number of ether oxygens (including phenoxy) is 1. The Labute approximate surface area is 140 Å². The predicted molar refractivity (Wildman–Crippen MR) is 81.5 cm³/mol.